The number of allylic oxidation sites excluding steroid dienone is 4. The summed E-state index contributed by atoms with van der Waals surface area (Å²) in [5, 5.41) is 29.8. The van der Waals surface area contributed by atoms with Crippen LogP contribution in [-0.2, 0) is 0 Å². The minimum Gasteiger partial charge on any atom is -0.393 e. The van der Waals surface area contributed by atoms with E-state index in [0.717, 1.165) is 35.5 Å². The number of aliphatic hydroxyl groups is 3. The fraction of sp³-hybridized carbons (Fsp3) is 0.615. The maximum Gasteiger partial charge on any atom is 0.119 e. The van der Waals surface area contributed by atoms with Crippen LogP contribution >= 0.6 is 11.8 Å². The summed E-state index contributed by atoms with van der Waals surface area (Å²) in [5.74, 6) is 8.23. The van der Waals surface area contributed by atoms with Crippen LogP contribution < -0.4 is 0 Å². The van der Waals surface area contributed by atoms with Crippen molar-refractivity contribution < 1.29 is 15.3 Å². The molecule has 2 saturated carbocycles. The normalized spacial score (nSPS) is 34.5. The molecular formula is C26H36O3S. The highest BCUT2D eigenvalue weighted by atomic mass is 32.2. The molecule has 0 bridgehead atoms. The monoisotopic (exact) mass is 428 g/mol. The van der Waals surface area contributed by atoms with Gasteiger partial charge in [-0.25, -0.2) is 0 Å². The number of hydrogen-bond donors (Lipinski definition) is 3. The van der Waals surface area contributed by atoms with Gasteiger partial charge in [-0.3, -0.25) is 0 Å². The molecule has 0 aromatic rings. The van der Waals surface area contributed by atoms with E-state index in [-0.39, 0.29) is 5.41 Å². The maximum absolute atomic E-state index is 10.1. The Morgan fingerprint density at radius 2 is 2.10 bits per heavy atom. The van der Waals surface area contributed by atoms with Gasteiger partial charge in [-0.1, -0.05) is 54.7 Å². The van der Waals surface area contributed by atoms with E-state index in [2.05, 4.69) is 43.6 Å². The molecule has 0 unspecified atom stereocenters. The lowest BCUT2D eigenvalue weighted by Crippen LogP contribution is -2.31. The second kappa shape index (κ2) is 9.49. The fourth-order valence-electron chi connectivity index (χ4n) is 5.06. The smallest absolute Gasteiger partial charge is 0.119 e. The molecule has 30 heavy (non-hydrogen) atoms. The molecule has 0 spiro atoms. The molecular weight excluding hydrogens is 392 g/mol. The van der Waals surface area contributed by atoms with Gasteiger partial charge in [-0.05, 0) is 68.4 Å². The van der Waals surface area contributed by atoms with E-state index in [0.29, 0.717) is 18.8 Å². The van der Waals surface area contributed by atoms with Gasteiger partial charge in [-0.2, -0.15) is 0 Å². The second-order valence-electron chi connectivity index (χ2n) is 9.71. The van der Waals surface area contributed by atoms with E-state index in [1.165, 1.54) is 24.0 Å². The Bertz CT molecular complexity index is 817. The second-order valence-corrected chi connectivity index (χ2v) is 10.7. The van der Waals surface area contributed by atoms with E-state index in [1.54, 1.807) is 13.8 Å². The van der Waals surface area contributed by atoms with Crippen molar-refractivity contribution in [2.24, 2.45) is 11.3 Å². The SMILES string of the molecule is C=C1C(=CC=C2CCC[C@]3(C)C(CSCC#CC(C)(C)O)=CC[C@@H]23)C[C@@H](O)C[C@@H]1O. The molecule has 4 atom stereocenters. The summed E-state index contributed by atoms with van der Waals surface area (Å²) in [6.07, 6.45) is 11.2. The average molecular weight is 429 g/mol. The quantitative estimate of drug-likeness (QED) is 0.349. The first kappa shape index (κ1) is 23.4. The fourth-order valence-corrected chi connectivity index (χ4v) is 6.00. The Morgan fingerprint density at radius 3 is 2.83 bits per heavy atom. The van der Waals surface area contributed by atoms with Crippen LogP contribution in [0, 0.1) is 23.2 Å². The predicted molar refractivity (Wildman–Crippen MR) is 126 cm³/mol. The van der Waals surface area contributed by atoms with E-state index >= 15 is 0 Å². The van der Waals surface area contributed by atoms with Crippen LogP contribution in [0.5, 0.6) is 0 Å². The summed E-state index contributed by atoms with van der Waals surface area (Å²) in [6.45, 7) is 9.87. The Hall–Kier alpha value is -1.25. The zero-order chi connectivity index (χ0) is 21.9. The van der Waals surface area contributed by atoms with Crippen LogP contribution in [0.15, 0.2) is 47.1 Å². The molecule has 3 aliphatic carbocycles. The molecule has 2 fully saturated rings. The molecule has 3 nitrogen and oxygen atoms in total. The molecule has 0 heterocycles. The lowest BCUT2D eigenvalue weighted by molar-refractivity contribution is 0.0862. The molecule has 0 amide bonds. The highest BCUT2D eigenvalue weighted by Crippen LogP contribution is 2.55. The lowest BCUT2D eigenvalue weighted by atomic mass is 9.64. The van der Waals surface area contributed by atoms with Crippen molar-refractivity contribution in [3.63, 3.8) is 0 Å². The van der Waals surface area contributed by atoms with Crippen LogP contribution in [-0.4, -0.2) is 44.6 Å². The minimum atomic E-state index is -0.919. The highest BCUT2D eigenvalue weighted by Gasteiger charge is 2.44. The number of rotatable bonds is 4. The summed E-state index contributed by atoms with van der Waals surface area (Å²) >= 11 is 1.83. The standard InChI is InChI=1S/C26H36O3S/c1-18-20(15-22(27)16-24(18)28)9-8-19-7-5-13-26(4)21(10-11-23(19)26)17-30-14-6-12-25(2,3)29/h8-10,22-24,27-29H,1,5,7,11,13-17H2,2-4H3/t22-,23+,24+,26-/m1/s1. The Morgan fingerprint density at radius 1 is 1.33 bits per heavy atom. The molecule has 0 aromatic heterocycles. The van der Waals surface area contributed by atoms with Gasteiger partial charge in [0.1, 0.15) is 5.60 Å². The van der Waals surface area contributed by atoms with Crippen molar-refractivity contribution in [2.45, 2.75) is 77.1 Å². The summed E-state index contributed by atoms with van der Waals surface area (Å²) < 4.78 is 0. The largest absolute Gasteiger partial charge is 0.393 e. The third kappa shape index (κ3) is 5.51. The van der Waals surface area contributed by atoms with Crippen molar-refractivity contribution in [2.75, 3.05) is 11.5 Å². The first-order valence-corrected chi connectivity index (χ1v) is 12.2. The molecule has 3 rings (SSSR count). The van der Waals surface area contributed by atoms with Gasteiger partial charge in [0.15, 0.2) is 0 Å². The molecule has 0 aromatic carbocycles. The summed E-state index contributed by atoms with van der Waals surface area (Å²) in [4.78, 5) is 0. The van der Waals surface area contributed by atoms with E-state index in [9.17, 15) is 15.3 Å². The highest BCUT2D eigenvalue weighted by molar-refractivity contribution is 7.99. The Kier molecular flexibility index (Phi) is 7.40. The summed E-state index contributed by atoms with van der Waals surface area (Å²) in [7, 11) is 0. The number of thioether (sulfide) groups is 1. The summed E-state index contributed by atoms with van der Waals surface area (Å²) in [6, 6.07) is 0. The molecule has 4 heteroatoms. The minimum absolute atomic E-state index is 0.210. The number of fused-ring (bicyclic) bond motifs is 1. The molecule has 3 aliphatic rings. The Balaban J connectivity index is 1.66. The lowest BCUT2D eigenvalue weighted by Gasteiger charge is -2.41. The van der Waals surface area contributed by atoms with E-state index < -0.39 is 17.8 Å². The predicted octanol–water partition coefficient (Wildman–Crippen LogP) is 4.56. The van der Waals surface area contributed by atoms with Crippen LogP contribution in [0.1, 0.15) is 59.3 Å². The molecule has 0 radical (unpaired) electrons. The zero-order valence-corrected chi connectivity index (χ0v) is 19.4. The van der Waals surface area contributed by atoms with Crippen molar-refractivity contribution in [1.29, 1.82) is 0 Å². The van der Waals surface area contributed by atoms with Crippen LogP contribution in [0.2, 0.25) is 0 Å². The van der Waals surface area contributed by atoms with Gasteiger partial charge in [0, 0.05) is 12.2 Å². The molecule has 3 N–H and O–H groups in total. The number of aliphatic hydroxyl groups excluding tert-OH is 2. The van der Waals surface area contributed by atoms with Gasteiger partial charge in [0.05, 0.1) is 18.0 Å². The third-order valence-corrected chi connectivity index (χ3v) is 7.67. The molecule has 0 saturated heterocycles. The first-order valence-electron chi connectivity index (χ1n) is 11.0. The molecule has 0 aliphatic heterocycles. The van der Waals surface area contributed by atoms with Crippen molar-refractivity contribution in [3.05, 3.63) is 47.1 Å². The van der Waals surface area contributed by atoms with Crippen molar-refractivity contribution in [1.82, 2.24) is 0 Å². The zero-order valence-electron chi connectivity index (χ0n) is 18.6. The number of hydrogen-bond acceptors (Lipinski definition) is 4. The first-order chi connectivity index (χ1) is 14.1. The van der Waals surface area contributed by atoms with Gasteiger partial charge in [-0.15, -0.1) is 11.8 Å². The third-order valence-electron chi connectivity index (χ3n) is 6.80. The van der Waals surface area contributed by atoms with Gasteiger partial charge < -0.3 is 15.3 Å². The van der Waals surface area contributed by atoms with Crippen molar-refractivity contribution >= 4 is 11.8 Å². The maximum atomic E-state index is 10.1. The van der Waals surface area contributed by atoms with Crippen LogP contribution in [0.3, 0.4) is 0 Å². The van der Waals surface area contributed by atoms with Gasteiger partial charge >= 0.3 is 0 Å². The topological polar surface area (TPSA) is 60.7 Å². The van der Waals surface area contributed by atoms with Crippen LogP contribution in [0.4, 0.5) is 0 Å². The summed E-state index contributed by atoms with van der Waals surface area (Å²) in [5.41, 5.74) is 4.04. The average Bonchev–Trinajstić information content (AvgIpc) is 2.99. The van der Waals surface area contributed by atoms with Gasteiger partial charge in [0.25, 0.3) is 0 Å². The molecule has 164 valence electrons. The van der Waals surface area contributed by atoms with E-state index in [1.807, 2.05) is 11.8 Å². The van der Waals surface area contributed by atoms with Crippen molar-refractivity contribution in [3.8, 4) is 11.8 Å². The van der Waals surface area contributed by atoms with Crippen LogP contribution in [0.25, 0.3) is 0 Å². The van der Waals surface area contributed by atoms with Gasteiger partial charge in [0.2, 0.25) is 0 Å². The van der Waals surface area contributed by atoms with E-state index in [4.69, 9.17) is 0 Å². The Labute approximate surface area is 186 Å².